The third-order valence-electron chi connectivity index (χ3n) is 1.67. The molecule has 0 aliphatic rings. The highest BCUT2D eigenvalue weighted by molar-refractivity contribution is 8.00. The fourth-order valence-electron chi connectivity index (χ4n) is 1.03. The number of hydrogen-bond acceptors (Lipinski definition) is 4. The number of thiazole rings is 1. The standard InChI is InChI=1S/C10H14N2OS2/c1-3-5-14-7-9(13)12-8(2)10-11-4-6-15-10/h3-4,6,8H,1,5,7H2,2H3,(H,12,13)/t8-/m1/s1. The van der Waals surface area contributed by atoms with Gasteiger partial charge in [0.05, 0.1) is 11.8 Å². The highest BCUT2D eigenvalue weighted by Crippen LogP contribution is 2.14. The second kappa shape index (κ2) is 6.63. The van der Waals surface area contributed by atoms with Crippen LogP contribution in [0.3, 0.4) is 0 Å². The number of amides is 1. The van der Waals surface area contributed by atoms with Gasteiger partial charge in [0.2, 0.25) is 5.91 Å². The summed E-state index contributed by atoms with van der Waals surface area (Å²) in [5.41, 5.74) is 0. The SMILES string of the molecule is C=CCSCC(=O)N[C@H](C)c1nccs1. The average Bonchev–Trinajstić information content (AvgIpc) is 2.70. The molecule has 0 saturated carbocycles. The van der Waals surface area contributed by atoms with Gasteiger partial charge in [0, 0.05) is 17.3 Å². The Hall–Kier alpha value is -0.810. The molecule has 1 aromatic rings. The average molecular weight is 242 g/mol. The molecule has 1 rings (SSSR count). The highest BCUT2D eigenvalue weighted by Gasteiger charge is 2.10. The lowest BCUT2D eigenvalue weighted by Gasteiger charge is -2.10. The molecule has 82 valence electrons. The van der Waals surface area contributed by atoms with Gasteiger partial charge in [0.15, 0.2) is 0 Å². The summed E-state index contributed by atoms with van der Waals surface area (Å²) in [6, 6.07) is 0.00170. The molecule has 0 fully saturated rings. The van der Waals surface area contributed by atoms with Crippen molar-refractivity contribution in [3.8, 4) is 0 Å². The molecule has 0 spiro atoms. The fourth-order valence-corrected chi connectivity index (χ4v) is 2.23. The lowest BCUT2D eigenvalue weighted by Crippen LogP contribution is -2.28. The number of carbonyl (C=O) groups excluding carboxylic acids is 1. The number of aromatic nitrogens is 1. The Kier molecular flexibility index (Phi) is 5.42. The maximum atomic E-state index is 11.4. The van der Waals surface area contributed by atoms with Crippen LogP contribution in [0.2, 0.25) is 0 Å². The van der Waals surface area contributed by atoms with Crippen molar-refractivity contribution < 1.29 is 4.79 Å². The van der Waals surface area contributed by atoms with Crippen molar-refractivity contribution >= 4 is 29.0 Å². The number of nitrogens with one attached hydrogen (secondary N) is 1. The van der Waals surface area contributed by atoms with E-state index in [9.17, 15) is 4.79 Å². The van der Waals surface area contributed by atoms with Crippen LogP contribution in [-0.4, -0.2) is 22.4 Å². The van der Waals surface area contributed by atoms with Gasteiger partial charge in [-0.05, 0) is 6.92 Å². The number of hydrogen-bond donors (Lipinski definition) is 1. The molecule has 0 saturated heterocycles. The molecule has 0 aliphatic heterocycles. The summed E-state index contributed by atoms with van der Waals surface area (Å²) in [6.45, 7) is 5.54. The molecule has 3 nitrogen and oxygen atoms in total. The van der Waals surface area contributed by atoms with Gasteiger partial charge < -0.3 is 5.32 Å². The zero-order chi connectivity index (χ0) is 11.1. The van der Waals surface area contributed by atoms with Gasteiger partial charge in [0.1, 0.15) is 5.01 Å². The molecule has 1 N–H and O–H groups in total. The largest absolute Gasteiger partial charge is 0.346 e. The van der Waals surface area contributed by atoms with Gasteiger partial charge >= 0.3 is 0 Å². The lowest BCUT2D eigenvalue weighted by atomic mass is 10.3. The van der Waals surface area contributed by atoms with Crippen molar-refractivity contribution in [3.63, 3.8) is 0 Å². The van der Waals surface area contributed by atoms with Crippen LogP contribution >= 0.6 is 23.1 Å². The van der Waals surface area contributed by atoms with Crippen LogP contribution in [0.5, 0.6) is 0 Å². The van der Waals surface area contributed by atoms with E-state index in [1.54, 1.807) is 35.4 Å². The Morgan fingerprint density at radius 2 is 2.67 bits per heavy atom. The number of carbonyl (C=O) groups is 1. The Morgan fingerprint density at radius 1 is 1.87 bits per heavy atom. The first-order valence-corrected chi connectivity index (χ1v) is 6.65. The maximum Gasteiger partial charge on any atom is 0.230 e. The highest BCUT2D eigenvalue weighted by atomic mass is 32.2. The van der Waals surface area contributed by atoms with Gasteiger partial charge in [-0.25, -0.2) is 4.98 Å². The number of thioether (sulfide) groups is 1. The molecule has 1 amide bonds. The molecule has 1 aromatic heterocycles. The summed E-state index contributed by atoms with van der Waals surface area (Å²) in [7, 11) is 0. The minimum absolute atomic E-state index is 0.00170. The van der Waals surface area contributed by atoms with Crippen molar-refractivity contribution in [2.24, 2.45) is 0 Å². The molecule has 0 radical (unpaired) electrons. The summed E-state index contributed by atoms with van der Waals surface area (Å²) < 4.78 is 0. The van der Waals surface area contributed by atoms with Gasteiger partial charge in [-0.3, -0.25) is 4.79 Å². The first-order chi connectivity index (χ1) is 7.24. The van der Waals surface area contributed by atoms with Crippen LogP contribution < -0.4 is 5.32 Å². The van der Waals surface area contributed by atoms with Gasteiger partial charge in [-0.2, -0.15) is 0 Å². The maximum absolute atomic E-state index is 11.4. The first kappa shape index (κ1) is 12.3. The topological polar surface area (TPSA) is 42.0 Å². The molecule has 0 aromatic carbocycles. The van der Waals surface area contributed by atoms with E-state index in [2.05, 4.69) is 16.9 Å². The van der Waals surface area contributed by atoms with Crippen molar-refractivity contribution in [2.45, 2.75) is 13.0 Å². The quantitative estimate of drug-likeness (QED) is 0.614. The van der Waals surface area contributed by atoms with E-state index in [-0.39, 0.29) is 11.9 Å². The summed E-state index contributed by atoms with van der Waals surface area (Å²) >= 11 is 3.11. The van der Waals surface area contributed by atoms with Crippen LogP contribution in [0.25, 0.3) is 0 Å². The Bertz CT molecular complexity index is 311. The molecule has 1 heterocycles. The fraction of sp³-hybridized carbons (Fsp3) is 0.400. The van der Waals surface area contributed by atoms with Crippen LogP contribution in [0.4, 0.5) is 0 Å². The van der Waals surface area contributed by atoms with Crippen LogP contribution in [-0.2, 0) is 4.79 Å². The van der Waals surface area contributed by atoms with Gasteiger partial charge in [-0.1, -0.05) is 6.08 Å². The predicted octanol–water partition coefficient (Wildman–Crippen LogP) is 2.24. The second-order valence-electron chi connectivity index (χ2n) is 2.96. The molecular formula is C10H14N2OS2. The summed E-state index contributed by atoms with van der Waals surface area (Å²) in [6.07, 6.45) is 3.54. The third kappa shape index (κ3) is 4.48. The first-order valence-electron chi connectivity index (χ1n) is 4.61. The van der Waals surface area contributed by atoms with Crippen molar-refractivity contribution in [3.05, 3.63) is 29.2 Å². The van der Waals surface area contributed by atoms with Crippen LogP contribution in [0.15, 0.2) is 24.2 Å². The van der Waals surface area contributed by atoms with E-state index < -0.39 is 0 Å². The minimum Gasteiger partial charge on any atom is -0.346 e. The van der Waals surface area contributed by atoms with Gasteiger partial charge in [-0.15, -0.1) is 29.7 Å². The van der Waals surface area contributed by atoms with E-state index >= 15 is 0 Å². The molecule has 0 bridgehead atoms. The van der Waals surface area contributed by atoms with E-state index in [0.29, 0.717) is 5.75 Å². The summed E-state index contributed by atoms with van der Waals surface area (Å²) in [5.74, 6) is 1.32. The van der Waals surface area contributed by atoms with Crippen LogP contribution in [0, 0.1) is 0 Å². The molecule has 15 heavy (non-hydrogen) atoms. The van der Waals surface area contributed by atoms with E-state index in [1.165, 1.54) is 0 Å². The summed E-state index contributed by atoms with van der Waals surface area (Å²) in [5, 5.41) is 5.74. The zero-order valence-electron chi connectivity index (χ0n) is 8.60. The van der Waals surface area contributed by atoms with Crippen molar-refractivity contribution in [2.75, 3.05) is 11.5 Å². The summed E-state index contributed by atoms with van der Waals surface area (Å²) in [4.78, 5) is 15.6. The monoisotopic (exact) mass is 242 g/mol. The molecule has 1 atom stereocenters. The molecular weight excluding hydrogens is 228 g/mol. The van der Waals surface area contributed by atoms with E-state index in [0.717, 1.165) is 10.8 Å². The number of nitrogens with zero attached hydrogens (tertiary/aromatic N) is 1. The van der Waals surface area contributed by atoms with Crippen molar-refractivity contribution in [1.29, 1.82) is 0 Å². The minimum atomic E-state index is 0.00170. The normalized spacial score (nSPS) is 12.1. The van der Waals surface area contributed by atoms with Crippen LogP contribution in [0.1, 0.15) is 18.0 Å². The molecule has 5 heteroatoms. The number of rotatable bonds is 6. The smallest absolute Gasteiger partial charge is 0.230 e. The Labute approximate surface area is 98.0 Å². The Morgan fingerprint density at radius 3 is 3.27 bits per heavy atom. The third-order valence-corrected chi connectivity index (χ3v) is 3.56. The van der Waals surface area contributed by atoms with E-state index in [1.807, 2.05) is 12.3 Å². The van der Waals surface area contributed by atoms with Gasteiger partial charge in [0.25, 0.3) is 0 Å². The molecule has 0 aliphatic carbocycles. The zero-order valence-corrected chi connectivity index (χ0v) is 10.2. The lowest BCUT2D eigenvalue weighted by molar-refractivity contribution is -0.119. The predicted molar refractivity (Wildman–Crippen MR) is 66.2 cm³/mol. The molecule has 0 unspecified atom stereocenters. The van der Waals surface area contributed by atoms with E-state index in [4.69, 9.17) is 0 Å². The van der Waals surface area contributed by atoms with Crippen molar-refractivity contribution in [1.82, 2.24) is 10.3 Å². The Balaban J connectivity index is 2.28. The second-order valence-corrected chi connectivity index (χ2v) is 4.92.